The predicted molar refractivity (Wildman–Crippen MR) is 96.5 cm³/mol. The summed E-state index contributed by atoms with van der Waals surface area (Å²) in [6, 6.07) is 13.3. The third-order valence-corrected chi connectivity index (χ3v) is 4.61. The first kappa shape index (κ1) is 17.9. The first-order valence-corrected chi connectivity index (χ1v) is 8.60. The average molecular weight is 351 g/mol. The van der Waals surface area contributed by atoms with Crippen molar-refractivity contribution >= 4 is 17.8 Å². The van der Waals surface area contributed by atoms with Crippen LogP contribution in [-0.4, -0.2) is 28.7 Å². The van der Waals surface area contributed by atoms with Gasteiger partial charge >= 0.3 is 5.97 Å². The molecule has 0 saturated heterocycles. The Morgan fingerprint density at radius 3 is 2.04 bits per heavy atom. The van der Waals surface area contributed by atoms with Gasteiger partial charge in [-0.2, -0.15) is 0 Å². The van der Waals surface area contributed by atoms with Crippen LogP contribution in [0.25, 0.3) is 0 Å². The Labute approximate surface area is 152 Å². The topological polar surface area (TPSA) is 63.7 Å². The number of esters is 1. The highest BCUT2D eigenvalue weighted by molar-refractivity contribution is 6.22. The maximum Gasteiger partial charge on any atom is 0.329 e. The lowest BCUT2D eigenvalue weighted by Crippen LogP contribution is -2.48. The van der Waals surface area contributed by atoms with Crippen molar-refractivity contribution in [1.29, 1.82) is 0 Å². The van der Waals surface area contributed by atoms with E-state index in [4.69, 9.17) is 4.74 Å². The van der Waals surface area contributed by atoms with E-state index in [1.54, 1.807) is 38.1 Å². The number of fused-ring (bicyclic) bond motifs is 1. The van der Waals surface area contributed by atoms with Gasteiger partial charge in [0.2, 0.25) is 0 Å². The van der Waals surface area contributed by atoms with Crippen LogP contribution in [0.1, 0.15) is 45.7 Å². The molecule has 0 radical (unpaired) electrons. The van der Waals surface area contributed by atoms with Gasteiger partial charge in [-0.1, -0.05) is 50.2 Å². The van der Waals surface area contributed by atoms with Crippen molar-refractivity contribution in [3.8, 4) is 0 Å². The van der Waals surface area contributed by atoms with Gasteiger partial charge in [0.15, 0.2) is 0 Å². The molecule has 0 N–H and O–H groups in total. The Balaban J connectivity index is 1.82. The van der Waals surface area contributed by atoms with E-state index in [9.17, 15) is 14.4 Å². The fourth-order valence-corrected chi connectivity index (χ4v) is 3.14. The summed E-state index contributed by atoms with van der Waals surface area (Å²) >= 11 is 0. The van der Waals surface area contributed by atoms with Crippen LogP contribution in [0.2, 0.25) is 0 Å². The van der Waals surface area contributed by atoms with Gasteiger partial charge in [-0.05, 0) is 36.1 Å². The quantitative estimate of drug-likeness (QED) is 0.612. The van der Waals surface area contributed by atoms with E-state index in [0.29, 0.717) is 11.1 Å². The SMILES string of the molecule is Cc1ccccc1COC(=O)[C@H](C(C)C)N1C(=O)c2ccccc2C1=O. The monoisotopic (exact) mass is 351 g/mol. The zero-order valence-corrected chi connectivity index (χ0v) is 15.1. The van der Waals surface area contributed by atoms with Crippen molar-refractivity contribution in [1.82, 2.24) is 4.90 Å². The van der Waals surface area contributed by atoms with Crippen molar-refractivity contribution in [2.45, 2.75) is 33.4 Å². The summed E-state index contributed by atoms with van der Waals surface area (Å²) < 4.78 is 5.46. The molecule has 0 aromatic heterocycles. The molecule has 134 valence electrons. The molecule has 0 bridgehead atoms. The smallest absolute Gasteiger partial charge is 0.329 e. The fourth-order valence-electron chi connectivity index (χ4n) is 3.14. The minimum absolute atomic E-state index is 0.109. The summed E-state index contributed by atoms with van der Waals surface area (Å²) in [7, 11) is 0. The Morgan fingerprint density at radius 2 is 1.50 bits per heavy atom. The predicted octanol–water partition coefficient (Wildman–Crippen LogP) is 3.36. The average Bonchev–Trinajstić information content (AvgIpc) is 2.87. The Bertz CT molecular complexity index is 837. The Kier molecular flexibility index (Phi) is 4.89. The third-order valence-electron chi connectivity index (χ3n) is 4.61. The second-order valence-corrected chi connectivity index (χ2v) is 6.75. The number of hydrogen-bond acceptors (Lipinski definition) is 4. The lowest BCUT2D eigenvalue weighted by molar-refractivity contribution is -0.151. The van der Waals surface area contributed by atoms with Crippen molar-refractivity contribution in [3.05, 3.63) is 70.8 Å². The number of benzene rings is 2. The number of carbonyl (C=O) groups excluding carboxylic acids is 3. The van der Waals surface area contributed by atoms with E-state index in [2.05, 4.69) is 0 Å². The Hall–Kier alpha value is -2.95. The summed E-state index contributed by atoms with van der Waals surface area (Å²) in [5, 5.41) is 0. The molecule has 1 aliphatic rings. The van der Waals surface area contributed by atoms with Gasteiger partial charge in [0.1, 0.15) is 12.6 Å². The number of amides is 2. The van der Waals surface area contributed by atoms with Crippen LogP contribution in [0.3, 0.4) is 0 Å². The largest absolute Gasteiger partial charge is 0.459 e. The van der Waals surface area contributed by atoms with Crippen LogP contribution in [0.4, 0.5) is 0 Å². The van der Waals surface area contributed by atoms with E-state index in [-0.39, 0.29) is 12.5 Å². The van der Waals surface area contributed by atoms with Gasteiger partial charge in [-0.3, -0.25) is 14.5 Å². The minimum atomic E-state index is -0.952. The lowest BCUT2D eigenvalue weighted by Gasteiger charge is -2.27. The number of imide groups is 1. The second-order valence-electron chi connectivity index (χ2n) is 6.75. The number of aryl methyl sites for hydroxylation is 1. The number of hydrogen-bond donors (Lipinski definition) is 0. The molecule has 26 heavy (non-hydrogen) atoms. The molecule has 2 aromatic rings. The molecule has 1 heterocycles. The molecule has 2 amide bonds. The molecular formula is C21H21NO4. The maximum atomic E-state index is 12.7. The van der Waals surface area contributed by atoms with Gasteiger partial charge in [0.05, 0.1) is 11.1 Å². The second kappa shape index (κ2) is 7.12. The van der Waals surface area contributed by atoms with E-state index in [0.717, 1.165) is 16.0 Å². The summed E-state index contributed by atoms with van der Waals surface area (Å²) in [6.07, 6.45) is 0. The number of nitrogens with zero attached hydrogens (tertiary/aromatic N) is 1. The van der Waals surface area contributed by atoms with Crippen molar-refractivity contribution in [2.24, 2.45) is 5.92 Å². The molecule has 3 rings (SSSR count). The van der Waals surface area contributed by atoms with Crippen LogP contribution in [-0.2, 0) is 16.1 Å². The number of rotatable bonds is 5. The van der Waals surface area contributed by atoms with E-state index >= 15 is 0 Å². The highest BCUT2D eigenvalue weighted by Crippen LogP contribution is 2.27. The summed E-state index contributed by atoms with van der Waals surface area (Å²) in [4.78, 5) is 39.1. The summed E-state index contributed by atoms with van der Waals surface area (Å²) in [5.41, 5.74) is 2.57. The number of carbonyl (C=O) groups is 3. The van der Waals surface area contributed by atoms with Gasteiger partial charge in [0, 0.05) is 0 Å². The van der Waals surface area contributed by atoms with Crippen molar-refractivity contribution < 1.29 is 19.1 Å². The van der Waals surface area contributed by atoms with Crippen LogP contribution in [0, 0.1) is 12.8 Å². The molecule has 1 aliphatic heterocycles. The van der Waals surface area contributed by atoms with Gasteiger partial charge in [-0.15, -0.1) is 0 Å². The van der Waals surface area contributed by atoms with Gasteiger partial charge < -0.3 is 4.74 Å². The Morgan fingerprint density at radius 1 is 0.962 bits per heavy atom. The summed E-state index contributed by atoms with van der Waals surface area (Å²) in [6.45, 7) is 5.64. The van der Waals surface area contributed by atoms with Gasteiger partial charge in [0.25, 0.3) is 11.8 Å². The summed E-state index contributed by atoms with van der Waals surface area (Å²) in [5.74, 6) is -1.73. The van der Waals surface area contributed by atoms with Crippen LogP contribution in [0.15, 0.2) is 48.5 Å². The molecule has 0 fully saturated rings. The van der Waals surface area contributed by atoms with E-state index < -0.39 is 23.8 Å². The molecular weight excluding hydrogens is 330 g/mol. The highest BCUT2D eigenvalue weighted by Gasteiger charge is 2.44. The highest BCUT2D eigenvalue weighted by atomic mass is 16.5. The molecule has 5 heteroatoms. The normalized spacial score (nSPS) is 14.5. The molecule has 0 spiro atoms. The minimum Gasteiger partial charge on any atom is -0.459 e. The lowest BCUT2D eigenvalue weighted by atomic mass is 10.0. The third kappa shape index (κ3) is 3.12. The van der Waals surface area contributed by atoms with Crippen LogP contribution in [0.5, 0.6) is 0 Å². The zero-order chi connectivity index (χ0) is 18.8. The van der Waals surface area contributed by atoms with E-state index in [1.165, 1.54) is 0 Å². The molecule has 1 atom stereocenters. The molecule has 5 nitrogen and oxygen atoms in total. The first-order chi connectivity index (χ1) is 12.4. The fraction of sp³-hybridized carbons (Fsp3) is 0.286. The first-order valence-electron chi connectivity index (χ1n) is 8.60. The van der Waals surface area contributed by atoms with Crippen molar-refractivity contribution in [2.75, 3.05) is 0 Å². The maximum absolute atomic E-state index is 12.7. The van der Waals surface area contributed by atoms with Gasteiger partial charge in [-0.25, -0.2) is 4.79 Å². The van der Waals surface area contributed by atoms with Crippen LogP contribution < -0.4 is 0 Å². The standard InChI is InChI=1S/C21H21NO4/c1-13(2)18(21(25)26-12-15-9-5-4-8-14(15)3)22-19(23)16-10-6-7-11-17(16)20(22)24/h4-11,13,18H,12H2,1-3H3/t18-/m0/s1. The number of ether oxygens (including phenoxy) is 1. The van der Waals surface area contributed by atoms with Crippen LogP contribution >= 0.6 is 0 Å². The van der Waals surface area contributed by atoms with Crippen molar-refractivity contribution in [3.63, 3.8) is 0 Å². The molecule has 0 saturated carbocycles. The zero-order valence-electron chi connectivity index (χ0n) is 15.1. The van der Waals surface area contributed by atoms with E-state index in [1.807, 2.05) is 31.2 Å². The molecule has 0 aliphatic carbocycles. The molecule has 0 unspecified atom stereocenters. The molecule has 2 aromatic carbocycles.